The van der Waals surface area contributed by atoms with E-state index in [0.717, 1.165) is 46.8 Å². The second kappa shape index (κ2) is 9.30. The lowest BCUT2D eigenvalue weighted by Crippen LogP contribution is -2.17. The van der Waals surface area contributed by atoms with Gasteiger partial charge in [-0.2, -0.15) is 0 Å². The molecule has 0 aliphatic heterocycles. The molecular formula is C24H26NO3P. The maximum Gasteiger partial charge on any atom is 0.340 e. The molecule has 1 heterocycles. The van der Waals surface area contributed by atoms with Gasteiger partial charge in [-0.15, -0.1) is 0 Å². The van der Waals surface area contributed by atoms with Crippen LogP contribution in [0.25, 0.3) is 21.9 Å². The Labute approximate surface area is 173 Å². The summed E-state index contributed by atoms with van der Waals surface area (Å²) in [7, 11) is 0.978. The fourth-order valence-electron chi connectivity index (χ4n) is 3.66. The fourth-order valence-corrected chi connectivity index (χ4v) is 4.42. The van der Waals surface area contributed by atoms with Gasteiger partial charge >= 0.3 is 5.97 Å². The van der Waals surface area contributed by atoms with Gasteiger partial charge in [-0.05, 0) is 50.7 Å². The van der Waals surface area contributed by atoms with E-state index in [1.807, 2.05) is 52.6 Å². The Bertz CT molecular complexity index is 1080. The largest absolute Gasteiger partial charge is 0.462 e. The SMILES string of the molecule is CCOC(=O)c1c(C)nc(C)c(C(OCC)=PC)c1-c1cccc2ccccc12. The van der Waals surface area contributed by atoms with Gasteiger partial charge in [-0.1, -0.05) is 50.7 Å². The Morgan fingerprint density at radius 2 is 1.59 bits per heavy atom. The third-order valence-corrected chi connectivity index (χ3v) is 5.55. The lowest BCUT2D eigenvalue weighted by atomic mass is 9.89. The molecule has 0 bridgehead atoms. The summed E-state index contributed by atoms with van der Waals surface area (Å²) in [6.07, 6.45) is 0. The Morgan fingerprint density at radius 1 is 0.931 bits per heavy atom. The molecule has 0 unspecified atom stereocenters. The molecule has 0 aliphatic carbocycles. The molecule has 3 aromatic rings. The van der Waals surface area contributed by atoms with Crippen LogP contribution in [0.4, 0.5) is 0 Å². The average molecular weight is 407 g/mol. The zero-order valence-corrected chi connectivity index (χ0v) is 18.5. The van der Waals surface area contributed by atoms with Gasteiger partial charge < -0.3 is 9.47 Å². The normalized spacial score (nSPS) is 11.7. The van der Waals surface area contributed by atoms with Crippen LogP contribution in [0.1, 0.15) is 41.2 Å². The molecule has 0 N–H and O–H groups in total. The molecule has 0 spiro atoms. The van der Waals surface area contributed by atoms with E-state index in [0.29, 0.717) is 24.5 Å². The predicted octanol–water partition coefficient (Wildman–Crippen LogP) is 5.79. The fraction of sp³-hybridized carbons (Fsp3) is 0.292. The van der Waals surface area contributed by atoms with E-state index in [2.05, 4.69) is 29.2 Å². The smallest absolute Gasteiger partial charge is 0.340 e. The number of aryl methyl sites for hydroxylation is 2. The van der Waals surface area contributed by atoms with Gasteiger partial charge in [0, 0.05) is 16.8 Å². The summed E-state index contributed by atoms with van der Waals surface area (Å²) in [5, 5.41) is 2.19. The highest BCUT2D eigenvalue weighted by Crippen LogP contribution is 2.37. The van der Waals surface area contributed by atoms with E-state index in [-0.39, 0.29) is 5.97 Å². The summed E-state index contributed by atoms with van der Waals surface area (Å²) in [6, 6.07) is 14.3. The number of aromatic nitrogens is 1. The molecule has 0 saturated heterocycles. The molecule has 5 heteroatoms. The number of nitrogens with zero attached hydrogens (tertiary/aromatic N) is 1. The third-order valence-electron chi connectivity index (χ3n) is 4.80. The molecule has 1 aromatic heterocycles. The van der Waals surface area contributed by atoms with Gasteiger partial charge in [-0.25, -0.2) is 4.79 Å². The molecule has 0 aliphatic rings. The average Bonchev–Trinajstić information content (AvgIpc) is 2.71. The van der Waals surface area contributed by atoms with Crippen LogP contribution < -0.4 is 0 Å². The van der Waals surface area contributed by atoms with E-state index in [1.165, 1.54) is 0 Å². The highest BCUT2D eigenvalue weighted by molar-refractivity contribution is 7.39. The molecule has 4 nitrogen and oxygen atoms in total. The summed E-state index contributed by atoms with van der Waals surface area (Å²) in [4.78, 5) is 17.7. The second-order valence-corrected chi connectivity index (χ2v) is 7.47. The molecule has 0 saturated carbocycles. The van der Waals surface area contributed by atoms with Gasteiger partial charge in [0.05, 0.1) is 24.5 Å². The topological polar surface area (TPSA) is 48.4 Å². The van der Waals surface area contributed by atoms with Gasteiger partial charge in [-0.3, -0.25) is 4.98 Å². The number of pyridine rings is 1. The molecule has 3 rings (SSSR count). The lowest BCUT2D eigenvalue weighted by molar-refractivity contribution is 0.0526. The summed E-state index contributed by atoms with van der Waals surface area (Å²) < 4.78 is 11.4. The van der Waals surface area contributed by atoms with Crippen LogP contribution in [-0.2, 0) is 9.47 Å². The number of carbonyl (C=O) groups is 1. The quantitative estimate of drug-likeness (QED) is 0.384. The molecule has 0 radical (unpaired) electrons. The Morgan fingerprint density at radius 3 is 2.28 bits per heavy atom. The molecule has 29 heavy (non-hydrogen) atoms. The molecule has 0 amide bonds. The van der Waals surface area contributed by atoms with E-state index in [4.69, 9.17) is 9.47 Å². The molecule has 2 aromatic carbocycles. The Hall–Kier alpha value is -2.55. The minimum Gasteiger partial charge on any atom is -0.462 e. The lowest BCUT2D eigenvalue weighted by Gasteiger charge is -2.21. The number of rotatable bonds is 6. The van der Waals surface area contributed by atoms with Crippen LogP contribution in [0.15, 0.2) is 42.5 Å². The number of carbonyl (C=O) groups excluding carboxylic acids is 1. The molecule has 0 fully saturated rings. The number of ether oxygens (including phenoxy) is 2. The monoisotopic (exact) mass is 407 g/mol. The van der Waals surface area contributed by atoms with Crippen molar-refractivity contribution in [1.82, 2.24) is 4.98 Å². The summed E-state index contributed by atoms with van der Waals surface area (Å²) >= 11 is 0. The summed E-state index contributed by atoms with van der Waals surface area (Å²) in [5.74, 6) is -0.356. The second-order valence-electron chi connectivity index (χ2n) is 6.62. The maximum atomic E-state index is 13.0. The van der Waals surface area contributed by atoms with Gasteiger partial charge in [0.1, 0.15) is 5.48 Å². The number of hydrogen-bond acceptors (Lipinski definition) is 4. The van der Waals surface area contributed by atoms with Gasteiger partial charge in [0.15, 0.2) is 0 Å². The van der Waals surface area contributed by atoms with E-state index in [9.17, 15) is 4.79 Å². The first-order valence-corrected chi connectivity index (χ1v) is 11.1. The molecule has 0 atom stereocenters. The van der Waals surface area contributed by atoms with E-state index < -0.39 is 0 Å². The van der Waals surface area contributed by atoms with Crippen LogP contribution in [-0.4, -0.2) is 36.3 Å². The zero-order chi connectivity index (χ0) is 21.0. The predicted molar refractivity (Wildman–Crippen MR) is 121 cm³/mol. The van der Waals surface area contributed by atoms with Gasteiger partial charge in [0.25, 0.3) is 0 Å². The minimum atomic E-state index is -0.356. The Kier molecular flexibility index (Phi) is 6.79. The third kappa shape index (κ3) is 4.10. The summed E-state index contributed by atoms with van der Waals surface area (Å²) in [6.45, 7) is 10.5. The Balaban J connectivity index is 2.48. The summed E-state index contributed by atoms with van der Waals surface area (Å²) in [5.41, 5.74) is 5.52. The maximum absolute atomic E-state index is 13.0. The number of hydrogen-bond donors (Lipinski definition) is 0. The van der Waals surface area contributed by atoms with Gasteiger partial charge in [0.2, 0.25) is 0 Å². The van der Waals surface area contributed by atoms with Crippen LogP contribution in [0.5, 0.6) is 0 Å². The molecular weight excluding hydrogens is 381 g/mol. The van der Waals surface area contributed by atoms with Crippen molar-refractivity contribution in [3.63, 3.8) is 0 Å². The van der Waals surface area contributed by atoms with Crippen LogP contribution in [0.3, 0.4) is 0 Å². The highest BCUT2D eigenvalue weighted by atomic mass is 31.1. The van der Waals surface area contributed by atoms with Crippen molar-refractivity contribution in [2.24, 2.45) is 0 Å². The van der Waals surface area contributed by atoms with Crippen molar-refractivity contribution >= 4 is 30.4 Å². The van der Waals surface area contributed by atoms with Crippen molar-refractivity contribution < 1.29 is 14.3 Å². The first-order valence-electron chi connectivity index (χ1n) is 9.79. The number of benzene rings is 2. The zero-order valence-electron chi connectivity index (χ0n) is 17.6. The van der Waals surface area contributed by atoms with Crippen LogP contribution in [0, 0.1) is 13.8 Å². The van der Waals surface area contributed by atoms with Crippen molar-refractivity contribution in [3.05, 3.63) is 65.0 Å². The van der Waals surface area contributed by atoms with Crippen LogP contribution >= 0.6 is 8.20 Å². The highest BCUT2D eigenvalue weighted by Gasteiger charge is 2.26. The number of fused-ring (bicyclic) bond motifs is 1. The standard InChI is InChI=1S/C24H26NO3P/c1-6-27-23(26)20-15(3)25-16(4)21(24(29-5)28-7-2)22(20)19-14-10-12-17-11-8-9-13-18(17)19/h8-14H,6-7H2,1-5H3. The van der Waals surface area contributed by atoms with E-state index >= 15 is 0 Å². The van der Waals surface area contributed by atoms with Crippen molar-refractivity contribution in [3.8, 4) is 11.1 Å². The number of esters is 1. The van der Waals surface area contributed by atoms with Crippen molar-refractivity contribution in [2.75, 3.05) is 19.9 Å². The van der Waals surface area contributed by atoms with E-state index in [1.54, 1.807) is 0 Å². The van der Waals surface area contributed by atoms with Crippen molar-refractivity contribution in [1.29, 1.82) is 0 Å². The first-order chi connectivity index (χ1) is 14.0. The molecule has 150 valence electrons. The minimum absolute atomic E-state index is 0.310. The first kappa shape index (κ1) is 21.2. The van der Waals surface area contributed by atoms with Crippen molar-refractivity contribution in [2.45, 2.75) is 27.7 Å². The van der Waals surface area contributed by atoms with Crippen LogP contribution in [0.2, 0.25) is 0 Å².